The molecule has 1 aromatic heterocycles. The van der Waals surface area contributed by atoms with Gasteiger partial charge in [0.2, 0.25) is 11.7 Å². The normalized spacial score (nSPS) is 19.7. The van der Waals surface area contributed by atoms with Crippen LogP contribution in [0.3, 0.4) is 0 Å². The molecule has 0 spiro atoms. The van der Waals surface area contributed by atoms with Gasteiger partial charge in [-0.05, 0) is 19.1 Å². The first-order valence-corrected chi connectivity index (χ1v) is 10.7. The summed E-state index contributed by atoms with van der Waals surface area (Å²) >= 11 is 5.99. The number of hydrazone groups is 1. The van der Waals surface area contributed by atoms with Gasteiger partial charge in [0, 0.05) is 35.1 Å². The van der Waals surface area contributed by atoms with E-state index in [0.717, 1.165) is 12.4 Å². The van der Waals surface area contributed by atoms with Crippen molar-refractivity contribution in [1.82, 2.24) is 25.2 Å². The summed E-state index contributed by atoms with van der Waals surface area (Å²) in [5.41, 5.74) is 1.52. The van der Waals surface area contributed by atoms with Crippen molar-refractivity contribution in [2.24, 2.45) is 5.10 Å². The Morgan fingerprint density at radius 3 is 2.53 bits per heavy atom. The Balaban J connectivity index is 1.52. The Hall–Kier alpha value is -3.25. The highest BCUT2D eigenvalue weighted by Gasteiger charge is 2.39. The van der Waals surface area contributed by atoms with Crippen LogP contribution in [0.15, 0.2) is 41.8 Å². The fourth-order valence-corrected chi connectivity index (χ4v) is 3.77. The molecule has 3 amide bonds. The Labute approximate surface area is 197 Å². The minimum Gasteiger partial charge on any atom is -0.370 e. The van der Waals surface area contributed by atoms with Crippen molar-refractivity contribution in [2.75, 3.05) is 26.3 Å². The summed E-state index contributed by atoms with van der Waals surface area (Å²) in [5, 5.41) is 8.86. The van der Waals surface area contributed by atoms with Gasteiger partial charge in [0.15, 0.2) is 0 Å². The quantitative estimate of drug-likeness (QED) is 0.701. The topological polar surface area (TPSA) is 100 Å². The number of urea groups is 1. The third-order valence-corrected chi connectivity index (χ3v) is 5.68. The van der Waals surface area contributed by atoms with Crippen molar-refractivity contribution in [3.63, 3.8) is 0 Å². The highest BCUT2D eigenvalue weighted by Crippen LogP contribution is 2.26. The molecule has 13 heteroatoms. The van der Waals surface area contributed by atoms with E-state index in [2.05, 4.69) is 20.4 Å². The van der Waals surface area contributed by atoms with Gasteiger partial charge in [-0.3, -0.25) is 4.79 Å². The zero-order chi connectivity index (χ0) is 24.5. The second-order valence-electron chi connectivity index (χ2n) is 7.74. The average Bonchev–Trinajstić information content (AvgIpc) is 3.25. The van der Waals surface area contributed by atoms with Crippen LogP contribution in [0, 0.1) is 0 Å². The molecule has 1 N–H and O–H groups in total. The highest BCUT2D eigenvalue weighted by molar-refractivity contribution is 6.30. The summed E-state index contributed by atoms with van der Waals surface area (Å²) in [4.78, 5) is 33.7. The molecule has 0 aliphatic carbocycles. The zero-order valence-corrected chi connectivity index (χ0v) is 18.7. The fraction of sp³-hybridized carbons (Fsp3) is 0.381. The van der Waals surface area contributed by atoms with Crippen LogP contribution < -0.4 is 5.32 Å². The maximum Gasteiger partial charge on any atom is 0.451 e. The lowest BCUT2D eigenvalue weighted by Crippen LogP contribution is -2.52. The van der Waals surface area contributed by atoms with Crippen molar-refractivity contribution < 1.29 is 27.5 Å². The number of carbonyl (C=O) groups excluding carboxylic acids is 2. The molecule has 1 unspecified atom stereocenters. The third-order valence-electron chi connectivity index (χ3n) is 5.43. The van der Waals surface area contributed by atoms with Crippen molar-refractivity contribution in [3.8, 4) is 0 Å². The van der Waals surface area contributed by atoms with Crippen LogP contribution >= 0.6 is 11.6 Å². The molecule has 4 rings (SSSR count). The van der Waals surface area contributed by atoms with Crippen molar-refractivity contribution in [3.05, 3.63) is 58.6 Å². The molecular weight excluding hydrogens is 477 g/mol. The molecule has 2 aliphatic heterocycles. The number of nitrogens with one attached hydrogen (secondary N) is 1. The highest BCUT2D eigenvalue weighted by atomic mass is 35.5. The Bertz CT molecular complexity index is 1090. The number of aromatic nitrogens is 2. The van der Waals surface area contributed by atoms with Gasteiger partial charge in [-0.15, -0.1) is 0 Å². The van der Waals surface area contributed by atoms with E-state index in [1.807, 2.05) is 0 Å². The monoisotopic (exact) mass is 496 g/mol. The SMILES string of the molecule is CC(NC(=O)N1C[C@H](N2CCOCC2=O)C(c2ccc(Cl)cc2)=N1)c1cnc(C(F)(F)F)nc1. The van der Waals surface area contributed by atoms with E-state index in [4.69, 9.17) is 16.3 Å². The van der Waals surface area contributed by atoms with Crippen molar-refractivity contribution >= 4 is 29.3 Å². The molecule has 0 bridgehead atoms. The average molecular weight is 497 g/mol. The zero-order valence-electron chi connectivity index (χ0n) is 17.9. The van der Waals surface area contributed by atoms with E-state index in [1.54, 1.807) is 36.1 Å². The summed E-state index contributed by atoms with van der Waals surface area (Å²) in [7, 11) is 0. The number of rotatable bonds is 4. The van der Waals surface area contributed by atoms with Crippen LogP contribution in [0.1, 0.15) is 29.9 Å². The van der Waals surface area contributed by atoms with E-state index in [9.17, 15) is 22.8 Å². The minimum absolute atomic E-state index is 0.0540. The Kier molecular flexibility index (Phi) is 6.71. The van der Waals surface area contributed by atoms with E-state index >= 15 is 0 Å². The number of benzene rings is 1. The lowest BCUT2D eigenvalue weighted by molar-refractivity contribution is -0.145. The third kappa shape index (κ3) is 5.12. The summed E-state index contributed by atoms with van der Waals surface area (Å²) in [5.74, 6) is -1.47. The van der Waals surface area contributed by atoms with E-state index in [-0.39, 0.29) is 19.1 Å². The van der Waals surface area contributed by atoms with E-state index in [0.29, 0.717) is 35.0 Å². The van der Waals surface area contributed by atoms with Gasteiger partial charge in [0.05, 0.1) is 30.9 Å². The standard InChI is InChI=1S/C21H20ClF3N6O3/c1-12(14-8-26-19(27-9-14)21(23,24)25)28-20(33)31-10-16(30-6-7-34-11-17(30)32)18(29-31)13-2-4-15(22)5-3-13/h2-5,8-9,12,16H,6-7,10-11H2,1H3,(H,28,33)/t12?,16-/m0/s1. The molecule has 1 aromatic carbocycles. The van der Waals surface area contributed by atoms with Crippen molar-refractivity contribution in [1.29, 1.82) is 0 Å². The number of alkyl halides is 3. The number of carbonyl (C=O) groups is 2. The summed E-state index contributed by atoms with van der Waals surface area (Å²) in [6.45, 7) is 2.36. The first kappa shape index (κ1) is 23.9. The van der Waals surface area contributed by atoms with Crippen LogP contribution in [0.4, 0.5) is 18.0 Å². The maximum absolute atomic E-state index is 12.9. The van der Waals surface area contributed by atoms with Gasteiger partial charge in [0.1, 0.15) is 6.61 Å². The number of ether oxygens (including phenoxy) is 1. The van der Waals surface area contributed by atoms with Crippen molar-refractivity contribution in [2.45, 2.75) is 25.2 Å². The first-order valence-electron chi connectivity index (χ1n) is 10.3. The molecule has 1 saturated heterocycles. The van der Waals surface area contributed by atoms with Gasteiger partial charge in [0.25, 0.3) is 0 Å². The molecule has 180 valence electrons. The molecule has 2 aliphatic rings. The van der Waals surface area contributed by atoms with E-state index < -0.39 is 30.1 Å². The number of morpholine rings is 1. The summed E-state index contributed by atoms with van der Waals surface area (Å²) < 4.78 is 43.3. The lowest BCUT2D eigenvalue weighted by atomic mass is 10.0. The Morgan fingerprint density at radius 2 is 1.91 bits per heavy atom. The molecule has 2 atom stereocenters. The Morgan fingerprint density at radius 1 is 1.24 bits per heavy atom. The van der Waals surface area contributed by atoms with Gasteiger partial charge in [-0.25, -0.2) is 19.8 Å². The number of hydrogen-bond donors (Lipinski definition) is 1. The number of nitrogens with zero attached hydrogens (tertiary/aromatic N) is 5. The second kappa shape index (κ2) is 9.55. The maximum atomic E-state index is 12.9. The number of halogens is 4. The fourth-order valence-electron chi connectivity index (χ4n) is 3.64. The van der Waals surface area contributed by atoms with Gasteiger partial charge in [-0.1, -0.05) is 23.7 Å². The number of hydrogen-bond acceptors (Lipinski definition) is 6. The minimum atomic E-state index is -4.65. The molecule has 2 aromatic rings. The smallest absolute Gasteiger partial charge is 0.370 e. The predicted molar refractivity (Wildman–Crippen MR) is 115 cm³/mol. The van der Waals surface area contributed by atoms with Crippen LogP contribution in [0.2, 0.25) is 5.02 Å². The molecule has 34 heavy (non-hydrogen) atoms. The largest absolute Gasteiger partial charge is 0.451 e. The molecule has 9 nitrogen and oxygen atoms in total. The number of amides is 3. The van der Waals surface area contributed by atoms with E-state index in [1.165, 1.54) is 5.01 Å². The predicted octanol–water partition coefficient (Wildman–Crippen LogP) is 2.87. The second-order valence-corrected chi connectivity index (χ2v) is 8.18. The lowest BCUT2D eigenvalue weighted by Gasteiger charge is -2.32. The molecular formula is C21H20ClF3N6O3. The molecule has 1 fully saturated rings. The van der Waals surface area contributed by atoms with Crippen LogP contribution in [0.5, 0.6) is 0 Å². The molecule has 3 heterocycles. The van der Waals surface area contributed by atoms with Crippen LogP contribution in [-0.4, -0.2) is 69.9 Å². The molecule has 0 radical (unpaired) electrons. The summed E-state index contributed by atoms with van der Waals surface area (Å²) in [6.07, 6.45) is -2.62. The summed E-state index contributed by atoms with van der Waals surface area (Å²) in [6, 6.07) is 5.12. The van der Waals surface area contributed by atoms with Crippen LogP contribution in [-0.2, 0) is 15.7 Å². The van der Waals surface area contributed by atoms with Crippen LogP contribution in [0.25, 0.3) is 0 Å². The van der Waals surface area contributed by atoms with Gasteiger partial charge >= 0.3 is 12.2 Å². The van der Waals surface area contributed by atoms with Gasteiger partial charge < -0.3 is 15.0 Å². The molecule has 0 saturated carbocycles. The van der Waals surface area contributed by atoms with Gasteiger partial charge in [-0.2, -0.15) is 18.3 Å². The first-order chi connectivity index (χ1) is 16.1.